The maximum absolute atomic E-state index is 13.3. The first-order chi connectivity index (χ1) is 27.5. The van der Waals surface area contributed by atoms with E-state index in [2.05, 4.69) is 37.3 Å². The van der Waals surface area contributed by atoms with Gasteiger partial charge in [0, 0.05) is 94.9 Å². The Morgan fingerprint density at radius 1 is 0.965 bits per heavy atom. The highest BCUT2D eigenvalue weighted by molar-refractivity contribution is 6.06. The van der Waals surface area contributed by atoms with E-state index in [1.165, 1.54) is 43.8 Å². The molecule has 0 spiro atoms. The number of anilines is 1. The van der Waals surface area contributed by atoms with Crippen molar-refractivity contribution in [3.05, 3.63) is 76.7 Å². The van der Waals surface area contributed by atoms with Gasteiger partial charge in [-0.25, -0.2) is 0 Å². The number of nitrogens with zero attached hydrogens (tertiary/aromatic N) is 5. The summed E-state index contributed by atoms with van der Waals surface area (Å²) in [7, 11) is 3.69. The zero-order valence-corrected chi connectivity index (χ0v) is 33.4. The third kappa shape index (κ3) is 9.07. The van der Waals surface area contributed by atoms with Gasteiger partial charge >= 0.3 is 0 Å². The molecule has 5 aliphatic heterocycles. The lowest BCUT2D eigenvalue weighted by Crippen LogP contribution is -2.58. The Hall–Kier alpha value is -5.08. The number of nitrogens with one attached hydrogen (secondary N) is 2. The molecule has 7 N–H and O–H groups in total. The van der Waals surface area contributed by atoms with E-state index in [0.29, 0.717) is 46.5 Å². The summed E-state index contributed by atoms with van der Waals surface area (Å²) in [5.74, 6) is 2.22. The van der Waals surface area contributed by atoms with Gasteiger partial charge in [0.15, 0.2) is 6.29 Å². The molecule has 4 saturated heterocycles. The minimum Gasteiger partial charge on any atom is -0.507 e. The zero-order chi connectivity index (χ0) is 40.2. The number of hydrogen-bond donors (Lipinski definition) is 5. The number of hydrogen-bond acceptors (Lipinski definition) is 12. The van der Waals surface area contributed by atoms with E-state index in [0.717, 1.165) is 75.3 Å². The highest BCUT2D eigenvalue weighted by atomic mass is 16.3. The molecule has 1 aliphatic carbocycles. The number of likely N-dealkylation sites (N-methyl/N-ethyl adjacent to an activating group) is 2. The lowest BCUT2D eigenvalue weighted by molar-refractivity contribution is -0.136. The van der Waals surface area contributed by atoms with Crippen LogP contribution in [-0.4, -0.2) is 134 Å². The fourth-order valence-electron chi connectivity index (χ4n) is 9.71. The summed E-state index contributed by atoms with van der Waals surface area (Å²) in [5, 5.41) is 15.5. The van der Waals surface area contributed by atoms with Gasteiger partial charge in [0.1, 0.15) is 17.6 Å². The van der Waals surface area contributed by atoms with Crippen LogP contribution in [0.2, 0.25) is 0 Å². The Bertz CT molecular complexity index is 1880. The van der Waals surface area contributed by atoms with Gasteiger partial charge in [0.2, 0.25) is 11.8 Å². The maximum Gasteiger partial charge on any atom is 0.255 e. The van der Waals surface area contributed by atoms with E-state index in [1.54, 1.807) is 37.4 Å². The van der Waals surface area contributed by atoms with E-state index in [4.69, 9.17) is 11.5 Å². The molecule has 0 bridgehead atoms. The Labute approximate surface area is 335 Å². The quantitative estimate of drug-likeness (QED) is 0.195. The molecular formula is C43H59N9O5. The first kappa shape index (κ1) is 40.1. The van der Waals surface area contributed by atoms with Crippen molar-refractivity contribution in [2.75, 3.05) is 77.9 Å². The summed E-state index contributed by atoms with van der Waals surface area (Å²) in [4.78, 5) is 59.7. The molecule has 5 heterocycles. The van der Waals surface area contributed by atoms with Crippen LogP contribution < -0.4 is 27.0 Å². The molecule has 8 rings (SSSR count). The number of carbonyl (C=O) groups excluding carboxylic acids is 4. The molecule has 57 heavy (non-hydrogen) atoms. The van der Waals surface area contributed by atoms with Crippen molar-refractivity contribution in [3.63, 3.8) is 0 Å². The van der Waals surface area contributed by atoms with Crippen molar-refractivity contribution in [1.82, 2.24) is 30.2 Å². The van der Waals surface area contributed by atoms with Crippen molar-refractivity contribution in [1.29, 1.82) is 0 Å². The predicted octanol–water partition coefficient (Wildman–Crippen LogP) is 2.36. The van der Waals surface area contributed by atoms with Crippen molar-refractivity contribution in [2.45, 2.75) is 57.0 Å². The average molecular weight is 782 g/mol. The maximum atomic E-state index is 13.3. The van der Waals surface area contributed by atoms with Crippen LogP contribution in [0.25, 0.3) is 5.70 Å². The number of likely N-dealkylation sites (tertiary alicyclic amines) is 1. The third-order valence-electron chi connectivity index (χ3n) is 13.0. The SMILES string of the molecule is CN(C(=O)c1cc(N2CCC(CN3CC4CCCC4C3)CC2)ccc1C=O)C1CCC(=O)NC1=O.CN1CCN2C(/C=C(\N)c3ccccc3O)=C(N)NCC2C1. The van der Waals surface area contributed by atoms with Crippen LogP contribution in [0.5, 0.6) is 5.75 Å². The smallest absolute Gasteiger partial charge is 0.255 e. The monoisotopic (exact) mass is 781 g/mol. The topological polar surface area (TPSA) is 181 Å². The number of phenolic OH excluding ortho intramolecular Hbond substituents is 1. The molecule has 2 aromatic carbocycles. The lowest BCUT2D eigenvalue weighted by atomic mass is 9.95. The molecular weight excluding hydrogens is 723 g/mol. The first-order valence-corrected chi connectivity index (χ1v) is 20.6. The number of benzene rings is 2. The van der Waals surface area contributed by atoms with Crippen LogP contribution in [0.1, 0.15) is 71.2 Å². The van der Waals surface area contributed by atoms with Crippen LogP contribution in [0.3, 0.4) is 0 Å². The van der Waals surface area contributed by atoms with Crippen LogP contribution >= 0.6 is 0 Å². The second kappa shape index (κ2) is 17.6. The van der Waals surface area contributed by atoms with Crippen molar-refractivity contribution in [3.8, 4) is 5.75 Å². The number of piperidine rings is 2. The van der Waals surface area contributed by atoms with Crippen LogP contribution in [-0.2, 0) is 9.59 Å². The number of nitrogens with two attached hydrogens (primary N) is 2. The van der Waals surface area contributed by atoms with Crippen molar-refractivity contribution >= 4 is 35.4 Å². The van der Waals surface area contributed by atoms with Gasteiger partial charge in [-0.3, -0.25) is 24.5 Å². The van der Waals surface area contributed by atoms with Gasteiger partial charge in [-0.2, -0.15) is 0 Å². The first-order valence-electron chi connectivity index (χ1n) is 20.6. The van der Waals surface area contributed by atoms with Crippen molar-refractivity contribution in [2.24, 2.45) is 29.2 Å². The van der Waals surface area contributed by atoms with Gasteiger partial charge in [-0.1, -0.05) is 18.6 Å². The largest absolute Gasteiger partial charge is 0.507 e. The number of amides is 3. The number of rotatable bonds is 8. The Balaban J connectivity index is 0.000000194. The van der Waals surface area contributed by atoms with E-state index in [1.807, 2.05) is 18.2 Å². The fourth-order valence-corrected chi connectivity index (χ4v) is 9.71. The Kier molecular flexibility index (Phi) is 12.4. The van der Waals surface area contributed by atoms with Gasteiger partial charge in [0.25, 0.3) is 5.91 Å². The fraction of sp³-hybridized carbons (Fsp3) is 0.535. The number of aldehydes is 1. The predicted molar refractivity (Wildman–Crippen MR) is 220 cm³/mol. The Morgan fingerprint density at radius 3 is 2.40 bits per heavy atom. The lowest BCUT2D eigenvalue weighted by Gasteiger charge is -2.45. The van der Waals surface area contributed by atoms with Gasteiger partial charge in [-0.05, 0) is 93.3 Å². The van der Waals surface area contributed by atoms with E-state index in [-0.39, 0.29) is 30.4 Å². The molecule has 2 aromatic rings. The summed E-state index contributed by atoms with van der Waals surface area (Å²) >= 11 is 0. The minimum absolute atomic E-state index is 0.175. The molecule has 4 unspecified atom stereocenters. The number of piperazine rings is 1. The number of allylic oxidation sites excluding steroid dienone is 1. The van der Waals surface area contributed by atoms with E-state index in [9.17, 15) is 24.3 Å². The van der Waals surface area contributed by atoms with E-state index >= 15 is 0 Å². The number of phenols is 1. The standard InChI is InChI=1S/C27H36N4O4.C16H23N5O/c1-29(24-7-8-25(33)28-26(24)34)27(35)23-13-22(6-5-21(23)17-32)31-11-9-18(10-12-31)14-30-15-19-3-2-4-20(19)16-30;1-20-6-7-21-11(10-20)9-19-16(18)14(21)8-13(17)12-4-2-3-5-15(12)22/h5-6,13,17-20,24H,2-4,7-12,14-16H2,1H3,(H,28,33,34);2-5,8,11,19,22H,6-7,9-10,17-18H2,1H3/b;13-8-. The van der Waals surface area contributed by atoms with Gasteiger partial charge in [-0.15, -0.1) is 0 Å². The van der Waals surface area contributed by atoms with Crippen LogP contribution in [0.15, 0.2) is 60.1 Å². The summed E-state index contributed by atoms with van der Waals surface area (Å²) in [5.41, 5.74) is 15.9. The molecule has 14 nitrogen and oxygen atoms in total. The van der Waals surface area contributed by atoms with E-state index < -0.39 is 11.9 Å². The highest BCUT2D eigenvalue weighted by Gasteiger charge is 2.37. The highest BCUT2D eigenvalue weighted by Crippen LogP contribution is 2.38. The summed E-state index contributed by atoms with van der Waals surface area (Å²) in [6.45, 7) is 9.38. The average Bonchev–Trinajstić information content (AvgIpc) is 3.81. The molecule has 0 radical (unpaired) electrons. The number of carbonyl (C=O) groups is 4. The number of para-hydroxylation sites is 1. The molecule has 3 amide bonds. The second-order valence-corrected chi connectivity index (χ2v) is 16.8. The molecule has 14 heteroatoms. The van der Waals surface area contributed by atoms with Crippen LogP contribution in [0, 0.1) is 17.8 Å². The van der Waals surface area contributed by atoms with Gasteiger partial charge in [0.05, 0.1) is 17.3 Å². The minimum atomic E-state index is -0.718. The molecule has 0 aromatic heterocycles. The van der Waals surface area contributed by atoms with Crippen molar-refractivity contribution < 1.29 is 24.3 Å². The third-order valence-corrected chi connectivity index (χ3v) is 13.0. The zero-order valence-electron chi connectivity index (χ0n) is 33.4. The number of fused-ring (bicyclic) bond motifs is 2. The molecule has 306 valence electrons. The molecule has 6 aliphatic rings. The summed E-state index contributed by atoms with van der Waals surface area (Å²) in [6.07, 6.45) is 9.52. The Morgan fingerprint density at radius 2 is 1.70 bits per heavy atom. The second-order valence-electron chi connectivity index (χ2n) is 16.8. The number of imide groups is 1. The van der Waals surface area contributed by atoms with Gasteiger partial charge < -0.3 is 46.4 Å². The summed E-state index contributed by atoms with van der Waals surface area (Å²) < 4.78 is 0. The molecule has 4 atom stereocenters. The molecule has 5 fully saturated rings. The number of aromatic hydroxyl groups is 1. The van der Waals surface area contributed by atoms with Crippen LogP contribution in [0.4, 0.5) is 5.69 Å². The molecule has 1 saturated carbocycles. The summed E-state index contributed by atoms with van der Waals surface area (Å²) in [6, 6.07) is 12.1. The normalized spacial score (nSPS) is 25.9.